The first-order chi connectivity index (χ1) is 12.1. The maximum atomic E-state index is 10.9. The summed E-state index contributed by atoms with van der Waals surface area (Å²) in [6.45, 7) is 1.27. The molecule has 0 amide bonds. The molecule has 0 unspecified atom stereocenters. The summed E-state index contributed by atoms with van der Waals surface area (Å²) < 4.78 is 12.2. The van der Waals surface area contributed by atoms with Crippen LogP contribution < -0.4 is 5.73 Å². The van der Waals surface area contributed by atoms with Crippen LogP contribution in [0.2, 0.25) is 0 Å². The number of non-ortho nitro benzene ring substituents is 1. The quantitative estimate of drug-likeness (QED) is 0.396. The Labute approximate surface area is 143 Å². The van der Waals surface area contributed by atoms with Crippen molar-refractivity contribution in [2.75, 3.05) is 26.1 Å². The molecule has 0 aliphatic carbocycles. The van der Waals surface area contributed by atoms with Crippen LogP contribution in [-0.2, 0) is 16.1 Å². The molecule has 25 heavy (non-hydrogen) atoms. The number of fused-ring (bicyclic) bond motifs is 1. The van der Waals surface area contributed by atoms with Gasteiger partial charge < -0.3 is 15.2 Å². The highest BCUT2D eigenvalue weighted by molar-refractivity contribution is 5.90. The molecule has 9 nitrogen and oxygen atoms in total. The number of nitrogen functional groups attached to an aromatic ring is 1. The summed E-state index contributed by atoms with van der Waals surface area (Å²) in [5, 5.41) is 15.0. The molecule has 2 aromatic heterocycles. The number of ether oxygens (including phenoxy) is 2. The zero-order valence-corrected chi connectivity index (χ0v) is 13.6. The van der Waals surface area contributed by atoms with Crippen molar-refractivity contribution in [2.45, 2.75) is 6.61 Å². The largest absolute Gasteiger partial charge is 0.382 e. The van der Waals surface area contributed by atoms with E-state index in [2.05, 4.69) is 10.1 Å². The van der Waals surface area contributed by atoms with Gasteiger partial charge in [-0.05, 0) is 17.7 Å². The normalized spacial score (nSPS) is 11.1. The summed E-state index contributed by atoms with van der Waals surface area (Å²) >= 11 is 0. The molecule has 3 aromatic rings. The van der Waals surface area contributed by atoms with Gasteiger partial charge in [-0.1, -0.05) is 0 Å². The molecule has 0 saturated heterocycles. The van der Waals surface area contributed by atoms with E-state index in [9.17, 15) is 10.1 Å². The van der Waals surface area contributed by atoms with Gasteiger partial charge in [-0.25, -0.2) is 9.50 Å². The van der Waals surface area contributed by atoms with E-state index in [1.54, 1.807) is 23.8 Å². The van der Waals surface area contributed by atoms with Gasteiger partial charge in [-0.15, -0.1) is 0 Å². The van der Waals surface area contributed by atoms with Crippen molar-refractivity contribution in [3.05, 3.63) is 52.5 Å². The maximum Gasteiger partial charge on any atom is 0.269 e. The number of hydrogen-bond acceptors (Lipinski definition) is 7. The number of nitrogens with two attached hydrogens (primary N) is 1. The van der Waals surface area contributed by atoms with E-state index in [0.717, 1.165) is 16.7 Å². The average molecular weight is 343 g/mol. The molecule has 0 atom stereocenters. The Hall–Kier alpha value is -3.04. The topological polar surface area (TPSA) is 118 Å². The third-order valence-corrected chi connectivity index (χ3v) is 3.74. The van der Waals surface area contributed by atoms with Crippen molar-refractivity contribution in [3.63, 3.8) is 0 Å². The lowest BCUT2D eigenvalue weighted by atomic mass is 10.0. The summed E-state index contributed by atoms with van der Waals surface area (Å²) in [4.78, 5) is 14.5. The third-order valence-electron chi connectivity index (χ3n) is 3.74. The summed E-state index contributed by atoms with van der Waals surface area (Å²) in [7, 11) is 1.61. The van der Waals surface area contributed by atoms with Gasteiger partial charge in [0, 0.05) is 36.6 Å². The fourth-order valence-electron chi connectivity index (χ4n) is 2.59. The number of hydrogen-bond donors (Lipinski definition) is 1. The molecule has 3 rings (SSSR count). The first-order valence-corrected chi connectivity index (χ1v) is 7.54. The monoisotopic (exact) mass is 343 g/mol. The van der Waals surface area contributed by atoms with Crippen molar-refractivity contribution < 1.29 is 14.4 Å². The molecule has 0 bridgehead atoms. The number of nitrogens with zero attached hydrogens (tertiary/aromatic N) is 4. The van der Waals surface area contributed by atoms with Gasteiger partial charge in [0.1, 0.15) is 11.8 Å². The van der Waals surface area contributed by atoms with Gasteiger partial charge in [0.15, 0.2) is 5.82 Å². The number of methoxy groups -OCH3 is 1. The van der Waals surface area contributed by atoms with E-state index in [-0.39, 0.29) is 5.69 Å². The number of aromatic nitrogens is 3. The Balaban J connectivity index is 2.05. The minimum Gasteiger partial charge on any atom is -0.382 e. The minimum atomic E-state index is -0.437. The van der Waals surface area contributed by atoms with Crippen LogP contribution in [-0.4, -0.2) is 39.8 Å². The molecule has 0 spiro atoms. The molecular weight excluding hydrogens is 326 g/mol. The van der Waals surface area contributed by atoms with Crippen LogP contribution in [0.4, 0.5) is 11.5 Å². The number of nitro groups is 1. The Bertz CT molecular complexity index is 891. The van der Waals surface area contributed by atoms with Crippen LogP contribution >= 0.6 is 0 Å². The Kier molecular flexibility index (Phi) is 4.87. The summed E-state index contributed by atoms with van der Waals surface area (Å²) in [6.07, 6.45) is 3.19. The van der Waals surface area contributed by atoms with Crippen LogP contribution in [0.3, 0.4) is 0 Å². The van der Waals surface area contributed by atoms with Crippen molar-refractivity contribution in [1.29, 1.82) is 0 Å². The van der Waals surface area contributed by atoms with Gasteiger partial charge in [-0.2, -0.15) is 5.10 Å². The molecule has 2 N–H and O–H groups in total. The number of nitro benzene ring substituents is 1. The average Bonchev–Trinajstić information content (AvgIpc) is 2.98. The summed E-state index contributed by atoms with van der Waals surface area (Å²) in [6, 6.07) is 6.26. The molecule has 9 heteroatoms. The van der Waals surface area contributed by atoms with E-state index < -0.39 is 4.92 Å². The second-order valence-electron chi connectivity index (χ2n) is 5.32. The van der Waals surface area contributed by atoms with E-state index in [1.165, 1.54) is 18.5 Å². The van der Waals surface area contributed by atoms with Crippen molar-refractivity contribution >= 4 is 17.0 Å². The third kappa shape index (κ3) is 3.42. The predicted molar refractivity (Wildman–Crippen MR) is 91.0 cm³/mol. The second-order valence-corrected chi connectivity index (χ2v) is 5.32. The molecule has 0 aliphatic heterocycles. The highest BCUT2D eigenvalue weighted by atomic mass is 16.6. The molecular formula is C16H17N5O4. The van der Waals surface area contributed by atoms with Crippen molar-refractivity contribution in [2.24, 2.45) is 0 Å². The van der Waals surface area contributed by atoms with Gasteiger partial charge in [0.2, 0.25) is 0 Å². The molecule has 0 aliphatic rings. The Morgan fingerprint density at radius 3 is 2.72 bits per heavy atom. The fraction of sp³-hybridized carbons (Fsp3) is 0.250. The smallest absolute Gasteiger partial charge is 0.269 e. The molecule has 2 heterocycles. The fourth-order valence-corrected chi connectivity index (χ4v) is 2.59. The highest BCUT2D eigenvalue weighted by Crippen LogP contribution is 2.33. The SMILES string of the molecule is COCCOCc1cn2ncnc(N)c2c1-c1ccc([N+](=O)[O-])cc1. The molecule has 0 radical (unpaired) electrons. The minimum absolute atomic E-state index is 0.0226. The number of rotatable bonds is 7. The van der Waals surface area contributed by atoms with Crippen LogP contribution in [0.1, 0.15) is 5.56 Å². The van der Waals surface area contributed by atoms with Crippen LogP contribution in [0.25, 0.3) is 16.6 Å². The van der Waals surface area contributed by atoms with Crippen molar-refractivity contribution in [1.82, 2.24) is 14.6 Å². The zero-order chi connectivity index (χ0) is 17.8. The molecule has 0 fully saturated rings. The molecule has 130 valence electrons. The first kappa shape index (κ1) is 16.8. The van der Waals surface area contributed by atoms with E-state index in [1.807, 2.05) is 6.20 Å². The first-order valence-electron chi connectivity index (χ1n) is 7.54. The lowest BCUT2D eigenvalue weighted by Gasteiger charge is -2.07. The maximum absolute atomic E-state index is 10.9. The van der Waals surface area contributed by atoms with Gasteiger partial charge in [0.25, 0.3) is 5.69 Å². The Morgan fingerprint density at radius 1 is 1.28 bits per heavy atom. The van der Waals surface area contributed by atoms with Crippen LogP contribution in [0.5, 0.6) is 0 Å². The summed E-state index contributed by atoms with van der Waals surface area (Å²) in [5.74, 6) is 0.325. The molecule has 1 aromatic carbocycles. The second kappa shape index (κ2) is 7.24. The standard InChI is InChI=1S/C16H17N5O4/c1-24-6-7-25-9-12-8-20-15(16(17)18-10-19-20)14(12)11-2-4-13(5-3-11)21(22)23/h2-5,8,10H,6-7,9H2,1H3,(H2,17,18,19). The van der Waals surface area contributed by atoms with Gasteiger partial charge in [-0.3, -0.25) is 10.1 Å². The highest BCUT2D eigenvalue weighted by Gasteiger charge is 2.17. The van der Waals surface area contributed by atoms with Crippen LogP contribution in [0, 0.1) is 10.1 Å². The lowest BCUT2D eigenvalue weighted by Crippen LogP contribution is -2.02. The zero-order valence-electron chi connectivity index (χ0n) is 13.6. The van der Waals surface area contributed by atoms with Crippen LogP contribution in [0.15, 0.2) is 36.8 Å². The Morgan fingerprint density at radius 2 is 2.04 bits per heavy atom. The lowest BCUT2D eigenvalue weighted by molar-refractivity contribution is -0.384. The molecule has 0 saturated carbocycles. The number of benzene rings is 1. The van der Waals surface area contributed by atoms with Crippen molar-refractivity contribution in [3.8, 4) is 11.1 Å². The van der Waals surface area contributed by atoms with Gasteiger partial charge in [0.05, 0.1) is 24.7 Å². The predicted octanol–water partition coefficient (Wildman–Crippen LogP) is 2.05. The van der Waals surface area contributed by atoms with E-state index >= 15 is 0 Å². The van der Waals surface area contributed by atoms with Gasteiger partial charge >= 0.3 is 0 Å². The summed E-state index contributed by atoms with van der Waals surface area (Å²) in [5.41, 5.74) is 9.12. The van der Waals surface area contributed by atoms with E-state index in [0.29, 0.717) is 31.2 Å². The van der Waals surface area contributed by atoms with E-state index in [4.69, 9.17) is 15.2 Å². The number of anilines is 1.